The molecule has 5 rings (SSSR count). The maximum absolute atomic E-state index is 14.3. The summed E-state index contributed by atoms with van der Waals surface area (Å²) < 4.78 is 28.8. The van der Waals surface area contributed by atoms with E-state index < -0.39 is 23.2 Å². The summed E-state index contributed by atoms with van der Waals surface area (Å²) in [6.07, 6.45) is -0.587. The lowest BCUT2D eigenvalue weighted by Crippen LogP contribution is -2.33. The van der Waals surface area contributed by atoms with Gasteiger partial charge in [-0.15, -0.1) is 4.73 Å². The molecule has 0 aliphatic rings. The van der Waals surface area contributed by atoms with Crippen molar-refractivity contribution in [3.8, 4) is 28.4 Å². The first kappa shape index (κ1) is 35.3. The van der Waals surface area contributed by atoms with Crippen LogP contribution in [0, 0.1) is 6.92 Å². The quantitative estimate of drug-likeness (QED) is 0.143. The molecular formula is C39H40N2O9. The number of aromatic nitrogens is 1. The molecule has 50 heavy (non-hydrogen) atoms. The molecule has 4 aromatic carbocycles. The van der Waals surface area contributed by atoms with Crippen molar-refractivity contribution >= 4 is 28.5 Å². The van der Waals surface area contributed by atoms with Gasteiger partial charge in [0.1, 0.15) is 36.1 Å². The first-order valence-corrected chi connectivity index (χ1v) is 15.9. The average molecular weight is 681 g/mol. The molecule has 0 bridgehead atoms. The van der Waals surface area contributed by atoms with Crippen LogP contribution < -0.4 is 29.9 Å². The van der Waals surface area contributed by atoms with Gasteiger partial charge in [0.05, 0.1) is 26.7 Å². The Morgan fingerprint density at radius 3 is 2.02 bits per heavy atom. The molecule has 0 atom stereocenters. The third kappa shape index (κ3) is 8.00. The first-order chi connectivity index (χ1) is 23.9. The number of fused-ring (bicyclic) bond motifs is 1. The Balaban J connectivity index is 1.61. The molecule has 260 valence electrons. The van der Waals surface area contributed by atoms with Crippen LogP contribution in [-0.2, 0) is 22.7 Å². The maximum Gasteiger partial charge on any atom is 0.412 e. The van der Waals surface area contributed by atoms with Crippen LogP contribution in [0.25, 0.3) is 21.9 Å². The molecule has 0 aliphatic carbocycles. The lowest BCUT2D eigenvalue weighted by Gasteiger charge is -2.21. The smallest absolute Gasteiger partial charge is 0.412 e. The molecule has 0 fully saturated rings. The summed E-state index contributed by atoms with van der Waals surface area (Å²) in [6, 6.07) is 25.1. The number of hydrogen-bond donors (Lipinski definition) is 1. The number of ether oxygens (including phenoxy) is 5. The third-order valence-electron chi connectivity index (χ3n) is 7.74. The third-order valence-corrected chi connectivity index (χ3v) is 7.74. The largest absolute Gasteiger partial charge is 0.496 e. The van der Waals surface area contributed by atoms with Crippen LogP contribution in [0.1, 0.15) is 48.0 Å². The molecule has 0 unspecified atom stereocenters. The first-order valence-electron chi connectivity index (χ1n) is 15.9. The standard InChI is InChI=1S/C39H40N2O9/c1-24-32(45-5)19-27(20-33(24)46-6)34-30-18-17-29(48-22-25-11-9-8-10-12-25)21-31(30)36(42)41(35(34)37(43)47-7)49-23-26-13-15-28(16-14-26)40-38(44)50-39(2,3)4/h8-21H,22-23H2,1-7H3,(H,40,44). The molecule has 0 spiro atoms. The second-order valence-corrected chi connectivity index (χ2v) is 12.4. The summed E-state index contributed by atoms with van der Waals surface area (Å²) in [5, 5.41) is 3.39. The molecule has 1 aromatic heterocycles. The van der Waals surface area contributed by atoms with Crippen LogP contribution in [0.15, 0.2) is 89.7 Å². The van der Waals surface area contributed by atoms with Gasteiger partial charge in [0, 0.05) is 16.8 Å². The Kier molecular flexibility index (Phi) is 10.6. The van der Waals surface area contributed by atoms with Crippen LogP contribution in [0.2, 0.25) is 0 Å². The molecule has 1 N–H and O–H groups in total. The number of amides is 1. The number of pyridine rings is 1. The lowest BCUT2D eigenvalue weighted by molar-refractivity contribution is 0.0466. The highest BCUT2D eigenvalue weighted by Crippen LogP contribution is 2.39. The number of nitrogens with one attached hydrogen (secondary N) is 1. The number of esters is 1. The Morgan fingerprint density at radius 1 is 0.780 bits per heavy atom. The fourth-order valence-corrected chi connectivity index (χ4v) is 5.36. The van der Waals surface area contributed by atoms with E-state index in [9.17, 15) is 14.4 Å². The summed E-state index contributed by atoms with van der Waals surface area (Å²) in [5.74, 6) is 0.697. The molecule has 1 heterocycles. The number of benzene rings is 4. The zero-order valence-corrected chi connectivity index (χ0v) is 29.1. The fourth-order valence-electron chi connectivity index (χ4n) is 5.36. The number of anilines is 1. The molecule has 0 saturated carbocycles. The summed E-state index contributed by atoms with van der Waals surface area (Å²) >= 11 is 0. The number of methoxy groups -OCH3 is 3. The minimum absolute atomic E-state index is 0.105. The molecule has 1 amide bonds. The van der Waals surface area contributed by atoms with Crippen LogP contribution in [-0.4, -0.2) is 43.7 Å². The van der Waals surface area contributed by atoms with Gasteiger partial charge in [-0.2, -0.15) is 0 Å². The highest BCUT2D eigenvalue weighted by atomic mass is 16.7. The molecule has 0 radical (unpaired) electrons. The number of hydrogen-bond acceptors (Lipinski definition) is 9. The molecule has 0 saturated heterocycles. The van der Waals surface area contributed by atoms with E-state index in [4.69, 9.17) is 28.5 Å². The van der Waals surface area contributed by atoms with Gasteiger partial charge in [0.2, 0.25) is 0 Å². The number of carbonyl (C=O) groups excluding carboxylic acids is 2. The number of nitrogens with zero attached hydrogens (tertiary/aromatic N) is 1. The molecule has 5 aromatic rings. The normalized spacial score (nSPS) is 11.1. The van der Waals surface area contributed by atoms with Crippen LogP contribution >= 0.6 is 0 Å². The van der Waals surface area contributed by atoms with Gasteiger partial charge in [-0.25, -0.2) is 9.59 Å². The molecule has 11 heteroatoms. The van der Waals surface area contributed by atoms with Crippen molar-refractivity contribution in [2.45, 2.75) is 46.5 Å². The Labute approximate surface area is 290 Å². The summed E-state index contributed by atoms with van der Waals surface area (Å²) in [7, 11) is 4.32. The van der Waals surface area contributed by atoms with Gasteiger partial charge in [0.25, 0.3) is 5.56 Å². The number of rotatable bonds is 11. The topological polar surface area (TPSA) is 124 Å². The van der Waals surface area contributed by atoms with Crippen LogP contribution in [0.3, 0.4) is 0 Å². The Hall–Kier alpha value is -5.97. The molecular weight excluding hydrogens is 640 g/mol. The fraction of sp³-hybridized carbons (Fsp3) is 0.256. The van der Waals surface area contributed by atoms with Crippen molar-refractivity contribution in [3.63, 3.8) is 0 Å². The highest BCUT2D eigenvalue weighted by molar-refractivity contribution is 6.07. The lowest BCUT2D eigenvalue weighted by atomic mass is 9.95. The van der Waals surface area contributed by atoms with Gasteiger partial charge in [0.15, 0.2) is 5.69 Å². The molecule has 11 nitrogen and oxygen atoms in total. The minimum Gasteiger partial charge on any atom is -0.496 e. The van der Waals surface area contributed by atoms with Crippen molar-refractivity contribution in [3.05, 3.63) is 118 Å². The van der Waals surface area contributed by atoms with Crippen molar-refractivity contribution in [1.29, 1.82) is 0 Å². The van der Waals surface area contributed by atoms with Gasteiger partial charge < -0.3 is 28.5 Å². The second-order valence-electron chi connectivity index (χ2n) is 12.4. The minimum atomic E-state index is -0.793. The van der Waals surface area contributed by atoms with E-state index in [0.717, 1.165) is 15.9 Å². The van der Waals surface area contributed by atoms with Gasteiger partial charge in [-0.05, 0) is 92.2 Å². The van der Waals surface area contributed by atoms with E-state index in [1.54, 1.807) is 89.6 Å². The van der Waals surface area contributed by atoms with E-state index in [2.05, 4.69) is 5.32 Å². The second kappa shape index (κ2) is 15.1. The van der Waals surface area contributed by atoms with Gasteiger partial charge in [-0.1, -0.05) is 42.5 Å². The monoisotopic (exact) mass is 680 g/mol. The van der Waals surface area contributed by atoms with Gasteiger partial charge >= 0.3 is 12.1 Å². The maximum atomic E-state index is 14.3. The Bertz CT molecular complexity index is 2040. The van der Waals surface area contributed by atoms with Crippen molar-refractivity contribution in [2.75, 3.05) is 26.6 Å². The SMILES string of the molecule is COC(=O)c1c(-c2cc(OC)c(C)c(OC)c2)c2ccc(OCc3ccccc3)cc2c(=O)n1OCc1ccc(NC(=O)OC(C)(C)C)cc1. The summed E-state index contributed by atoms with van der Waals surface area (Å²) in [6.45, 7) is 7.37. The van der Waals surface area contributed by atoms with E-state index in [1.807, 2.05) is 37.3 Å². The van der Waals surface area contributed by atoms with Gasteiger partial charge in [-0.3, -0.25) is 10.1 Å². The zero-order chi connectivity index (χ0) is 36.0. The summed E-state index contributed by atoms with van der Waals surface area (Å²) in [4.78, 5) is 46.2. The van der Waals surface area contributed by atoms with Crippen molar-refractivity contribution < 1.29 is 38.1 Å². The van der Waals surface area contributed by atoms with Crippen molar-refractivity contribution in [1.82, 2.24) is 4.73 Å². The zero-order valence-electron chi connectivity index (χ0n) is 29.1. The Morgan fingerprint density at radius 2 is 1.42 bits per heavy atom. The van der Waals surface area contributed by atoms with E-state index in [1.165, 1.54) is 7.11 Å². The van der Waals surface area contributed by atoms with Crippen LogP contribution in [0.5, 0.6) is 17.2 Å². The average Bonchev–Trinajstić information content (AvgIpc) is 3.10. The number of carbonyl (C=O) groups is 2. The van der Waals surface area contributed by atoms with Crippen molar-refractivity contribution in [2.24, 2.45) is 0 Å². The van der Waals surface area contributed by atoms with E-state index >= 15 is 0 Å². The van der Waals surface area contributed by atoms with Crippen LogP contribution in [0.4, 0.5) is 10.5 Å². The molecule has 0 aliphatic heterocycles. The predicted octanol–water partition coefficient (Wildman–Crippen LogP) is 7.34. The summed E-state index contributed by atoms with van der Waals surface area (Å²) in [5.41, 5.74) is 2.41. The predicted molar refractivity (Wildman–Crippen MR) is 190 cm³/mol. The van der Waals surface area contributed by atoms with E-state index in [0.29, 0.717) is 45.0 Å². The highest BCUT2D eigenvalue weighted by Gasteiger charge is 2.27. The van der Waals surface area contributed by atoms with E-state index in [-0.39, 0.29) is 24.3 Å².